The lowest BCUT2D eigenvalue weighted by Crippen LogP contribution is -2.24. The smallest absolute Gasteiger partial charge is 0.193 e. The van der Waals surface area contributed by atoms with Crippen LogP contribution in [0, 0.1) is 5.82 Å². The molecule has 15 heavy (non-hydrogen) atoms. The van der Waals surface area contributed by atoms with Gasteiger partial charge in [-0.1, -0.05) is 15.9 Å². The Balaban J connectivity index is 2.81. The third-order valence-corrected chi connectivity index (χ3v) is 2.08. The van der Waals surface area contributed by atoms with E-state index in [-0.39, 0.29) is 17.8 Å². The first-order valence-electron chi connectivity index (χ1n) is 4.54. The van der Waals surface area contributed by atoms with Crippen molar-refractivity contribution >= 4 is 27.6 Å². The van der Waals surface area contributed by atoms with Crippen molar-refractivity contribution in [1.29, 1.82) is 0 Å². The third-order valence-electron chi connectivity index (χ3n) is 1.59. The molecule has 1 aromatic rings. The lowest BCUT2D eigenvalue weighted by molar-refractivity contribution is 0.631. The summed E-state index contributed by atoms with van der Waals surface area (Å²) in [6.45, 7) is 3.79. The van der Waals surface area contributed by atoms with Gasteiger partial charge in [-0.2, -0.15) is 0 Å². The van der Waals surface area contributed by atoms with Crippen LogP contribution in [0.1, 0.15) is 13.8 Å². The molecule has 0 aromatic heterocycles. The number of nitrogens with two attached hydrogens (primary N) is 1. The Bertz CT molecular complexity index is 377. The molecule has 0 aliphatic heterocycles. The number of hydrogen-bond acceptors (Lipinski definition) is 1. The quantitative estimate of drug-likeness (QED) is 0.643. The highest BCUT2D eigenvalue weighted by Gasteiger charge is 2.03. The SMILES string of the molecule is CC(C)N=C(N)Nc1ccc(Br)cc1F. The molecule has 0 spiro atoms. The van der Waals surface area contributed by atoms with Gasteiger partial charge in [-0.15, -0.1) is 0 Å². The minimum atomic E-state index is -0.369. The zero-order chi connectivity index (χ0) is 11.4. The summed E-state index contributed by atoms with van der Waals surface area (Å²) in [6.07, 6.45) is 0. The van der Waals surface area contributed by atoms with Gasteiger partial charge in [0.1, 0.15) is 5.82 Å². The zero-order valence-corrected chi connectivity index (χ0v) is 10.2. The standard InChI is InChI=1S/C10H13BrFN3/c1-6(2)14-10(13)15-9-4-3-7(11)5-8(9)12/h3-6H,1-2H3,(H3,13,14,15). The van der Waals surface area contributed by atoms with Crippen LogP contribution in [-0.2, 0) is 0 Å². The summed E-state index contributed by atoms with van der Waals surface area (Å²) in [5, 5.41) is 2.70. The van der Waals surface area contributed by atoms with E-state index >= 15 is 0 Å². The number of nitrogens with zero attached hydrogens (tertiary/aromatic N) is 1. The second-order valence-electron chi connectivity index (χ2n) is 3.36. The lowest BCUT2D eigenvalue weighted by Gasteiger charge is -2.07. The van der Waals surface area contributed by atoms with Crippen LogP contribution in [0.3, 0.4) is 0 Å². The molecule has 0 amide bonds. The fraction of sp³-hybridized carbons (Fsp3) is 0.300. The van der Waals surface area contributed by atoms with E-state index < -0.39 is 0 Å². The fourth-order valence-corrected chi connectivity index (χ4v) is 1.37. The molecular weight excluding hydrogens is 261 g/mol. The first-order valence-corrected chi connectivity index (χ1v) is 5.33. The van der Waals surface area contributed by atoms with E-state index in [0.717, 1.165) is 0 Å². The van der Waals surface area contributed by atoms with Crippen LogP contribution in [-0.4, -0.2) is 12.0 Å². The van der Waals surface area contributed by atoms with E-state index in [2.05, 4.69) is 26.2 Å². The molecule has 0 saturated heterocycles. The summed E-state index contributed by atoms with van der Waals surface area (Å²) in [6, 6.07) is 4.78. The Morgan fingerprint density at radius 2 is 2.20 bits per heavy atom. The summed E-state index contributed by atoms with van der Waals surface area (Å²) < 4.78 is 14.0. The van der Waals surface area contributed by atoms with Crippen molar-refractivity contribution in [3.8, 4) is 0 Å². The summed E-state index contributed by atoms with van der Waals surface area (Å²) in [5.41, 5.74) is 5.89. The Hall–Kier alpha value is -1.10. The van der Waals surface area contributed by atoms with Crippen LogP contribution in [0.25, 0.3) is 0 Å². The Labute approximate surface area is 96.7 Å². The molecule has 82 valence electrons. The number of hydrogen-bond donors (Lipinski definition) is 2. The van der Waals surface area contributed by atoms with Gasteiger partial charge in [-0.05, 0) is 32.0 Å². The van der Waals surface area contributed by atoms with E-state index in [1.165, 1.54) is 6.07 Å². The van der Waals surface area contributed by atoms with E-state index in [4.69, 9.17) is 5.73 Å². The molecule has 5 heteroatoms. The number of aliphatic imine (C=N–C) groups is 1. The lowest BCUT2D eigenvalue weighted by atomic mass is 10.3. The number of guanidine groups is 1. The molecule has 0 fully saturated rings. The van der Waals surface area contributed by atoms with E-state index in [1.807, 2.05) is 13.8 Å². The maximum atomic E-state index is 13.3. The van der Waals surface area contributed by atoms with Gasteiger partial charge in [0.05, 0.1) is 5.69 Å². The topological polar surface area (TPSA) is 50.4 Å². The van der Waals surface area contributed by atoms with Crippen molar-refractivity contribution in [2.75, 3.05) is 5.32 Å². The van der Waals surface area contributed by atoms with Crippen molar-refractivity contribution in [1.82, 2.24) is 0 Å². The van der Waals surface area contributed by atoms with Crippen LogP contribution in [0.5, 0.6) is 0 Å². The molecule has 3 N–H and O–H groups in total. The van der Waals surface area contributed by atoms with Crippen molar-refractivity contribution in [3.63, 3.8) is 0 Å². The van der Waals surface area contributed by atoms with E-state index in [9.17, 15) is 4.39 Å². The molecular formula is C10H13BrFN3. The highest BCUT2D eigenvalue weighted by atomic mass is 79.9. The molecule has 0 bridgehead atoms. The van der Waals surface area contributed by atoms with Gasteiger partial charge < -0.3 is 11.1 Å². The van der Waals surface area contributed by atoms with Crippen molar-refractivity contribution in [2.45, 2.75) is 19.9 Å². The molecule has 3 nitrogen and oxygen atoms in total. The second kappa shape index (κ2) is 5.11. The maximum Gasteiger partial charge on any atom is 0.193 e. The number of nitrogens with one attached hydrogen (secondary N) is 1. The maximum absolute atomic E-state index is 13.3. The molecule has 0 radical (unpaired) electrons. The number of rotatable bonds is 2. The molecule has 0 heterocycles. The molecule has 1 rings (SSSR count). The predicted molar refractivity (Wildman–Crippen MR) is 64.5 cm³/mol. The number of benzene rings is 1. The molecule has 0 saturated carbocycles. The average Bonchev–Trinajstić information content (AvgIpc) is 2.08. The van der Waals surface area contributed by atoms with Gasteiger partial charge in [0.25, 0.3) is 0 Å². The Morgan fingerprint density at radius 1 is 1.53 bits per heavy atom. The average molecular weight is 274 g/mol. The van der Waals surface area contributed by atoms with Crippen LogP contribution >= 0.6 is 15.9 Å². The van der Waals surface area contributed by atoms with Crippen LogP contribution in [0.4, 0.5) is 10.1 Å². The monoisotopic (exact) mass is 273 g/mol. The van der Waals surface area contributed by atoms with E-state index in [1.54, 1.807) is 12.1 Å². The highest BCUT2D eigenvalue weighted by Crippen LogP contribution is 2.18. The van der Waals surface area contributed by atoms with E-state index in [0.29, 0.717) is 10.2 Å². The number of anilines is 1. The van der Waals surface area contributed by atoms with Crippen molar-refractivity contribution in [3.05, 3.63) is 28.5 Å². The van der Waals surface area contributed by atoms with Gasteiger partial charge in [0.15, 0.2) is 5.96 Å². The Morgan fingerprint density at radius 3 is 2.73 bits per heavy atom. The third kappa shape index (κ3) is 3.87. The minimum absolute atomic E-state index is 0.0796. The first kappa shape index (κ1) is 12.0. The van der Waals surface area contributed by atoms with Gasteiger partial charge in [0.2, 0.25) is 0 Å². The van der Waals surface area contributed by atoms with Crippen molar-refractivity contribution in [2.24, 2.45) is 10.7 Å². The molecule has 0 aliphatic carbocycles. The van der Waals surface area contributed by atoms with Gasteiger partial charge in [-0.3, -0.25) is 4.99 Å². The molecule has 0 atom stereocenters. The number of halogens is 2. The van der Waals surface area contributed by atoms with Gasteiger partial charge in [0, 0.05) is 10.5 Å². The van der Waals surface area contributed by atoms with Crippen molar-refractivity contribution < 1.29 is 4.39 Å². The largest absolute Gasteiger partial charge is 0.370 e. The Kier molecular flexibility index (Phi) is 4.08. The first-order chi connectivity index (χ1) is 6.99. The summed E-state index contributed by atoms with van der Waals surface area (Å²) in [5.74, 6) is -0.155. The molecule has 0 aliphatic rings. The molecule has 0 unspecified atom stereocenters. The minimum Gasteiger partial charge on any atom is -0.370 e. The van der Waals surface area contributed by atoms with Crippen LogP contribution < -0.4 is 11.1 Å². The second-order valence-corrected chi connectivity index (χ2v) is 4.27. The fourth-order valence-electron chi connectivity index (χ4n) is 1.04. The van der Waals surface area contributed by atoms with Gasteiger partial charge >= 0.3 is 0 Å². The zero-order valence-electron chi connectivity index (χ0n) is 8.59. The molecule has 1 aromatic carbocycles. The predicted octanol–water partition coefficient (Wildman–Crippen LogP) is 2.72. The summed E-state index contributed by atoms with van der Waals surface area (Å²) in [4.78, 5) is 4.04. The summed E-state index contributed by atoms with van der Waals surface area (Å²) in [7, 11) is 0. The van der Waals surface area contributed by atoms with Crippen LogP contribution in [0.15, 0.2) is 27.7 Å². The summed E-state index contributed by atoms with van der Waals surface area (Å²) >= 11 is 3.17. The van der Waals surface area contributed by atoms with Gasteiger partial charge in [-0.25, -0.2) is 4.39 Å². The van der Waals surface area contributed by atoms with Crippen LogP contribution in [0.2, 0.25) is 0 Å². The highest BCUT2D eigenvalue weighted by molar-refractivity contribution is 9.10. The normalized spacial score (nSPS) is 11.9.